The molecule has 0 saturated heterocycles. The van der Waals surface area contributed by atoms with Crippen LogP contribution in [0, 0.1) is 11.8 Å². The largest absolute Gasteiger partial charge is 0.573 e. The monoisotopic (exact) mass is 595 g/mol. The first kappa shape index (κ1) is 30.7. The van der Waals surface area contributed by atoms with E-state index in [1.165, 1.54) is 41.4 Å². The number of alkyl halides is 6. The highest BCUT2D eigenvalue weighted by Crippen LogP contribution is 2.35. The number of rotatable bonds is 9. The van der Waals surface area contributed by atoms with Crippen LogP contribution in [-0.4, -0.2) is 41.5 Å². The number of carbonyl (C=O) groups is 2. The van der Waals surface area contributed by atoms with Gasteiger partial charge in [-0.2, -0.15) is 0 Å². The molecule has 0 spiro atoms. The first-order valence-electron chi connectivity index (χ1n) is 13.0. The number of para-hydroxylation sites is 1. The van der Waals surface area contributed by atoms with Gasteiger partial charge in [0.2, 0.25) is 11.8 Å². The molecule has 0 radical (unpaired) electrons. The van der Waals surface area contributed by atoms with Crippen molar-refractivity contribution in [1.82, 2.24) is 15.2 Å². The maximum atomic E-state index is 13.3. The average molecular weight is 596 g/mol. The van der Waals surface area contributed by atoms with Crippen molar-refractivity contribution in [3.8, 4) is 22.8 Å². The van der Waals surface area contributed by atoms with Gasteiger partial charge in [-0.3, -0.25) is 14.6 Å². The van der Waals surface area contributed by atoms with Crippen LogP contribution in [-0.2, 0) is 22.7 Å². The van der Waals surface area contributed by atoms with Gasteiger partial charge in [0.1, 0.15) is 11.5 Å². The fraction of sp³-hybridized carbons (Fsp3) is 0.345. The van der Waals surface area contributed by atoms with Crippen LogP contribution in [0.2, 0.25) is 0 Å². The van der Waals surface area contributed by atoms with Crippen molar-refractivity contribution < 1.29 is 45.4 Å². The number of hydrogen-bond donors (Lipinski definition) is 1. The van der Waals surface area contributed by atoms with Crippen molar-refractivity contribution in [3.05, 3.63) is 78.0 Å². The van der Waals surface area contributed by atoms with Gasteiger partial charge in [-0.1, -0.05) is 36.8 Å². The zero-order valence-electron chi connectivity index (χ0n) is 22.3. The predicted molar refractivity (Wildman–Crippen MR) is 139 cm³/mol. The van der Waals surface area contributed by atoms with Crippen LogP contribution < -0.4 is 14.8 Å². The molecule has 2 atom stereocenters. The Hall–Kier alpha value is -4.29. The minimum Gasteiger partial charge on any atom is -0.406 e. The van der Waals surface area contributed by atoms with Gasteiger partial charge in [0.25, 0.3) is 0 Å². The van der Waals surface area contributed by atoms with E-state index in [-0.39, 0.29) is 47.7 Å². The van der Waals surface area contributed by atoms with Crippen LogP contribution in [0.25, 0.3) is 11.3 Å². The number of ether oxygens (including phenoxy) is 2. The number of pyridine rings is 1. The summed E-state index contributed by atoms with van der Waals surface area (Å²) in [5, 5.41) is 2.76. The van der Waals surface area contributed by atoms with Crippen LogP contribution in [0.3, 0.4) is 0 Å². The van der Waals surface area contributed by atoms with E-state index < -0.39 is 24.6 Å². The molecule has 7 nitrogen and oxygen atoms in total. The fourth-order valence-electron chi connectivity index (χ4n) is 4.90. The van der Waals surface area contributed by atoms with Crippen LogP contribution in [0.5, 0.6) is 11.5 Å². The van der Waals surface area contributed by atoms with E-state index in [0.29, 0.717) is 30.4 Å². The van der Waals surface area contributed by atoms with E-state index in [0.717, 1.165) is 12.1 Å². The molecule has 1 heterocycles. The van der Waals surface area contributed by atoms with Gasteiger partial charge in [0, 0.05) is 43.7 Å². The zero-order chi connectivity index (χ0) is 30.5. The lowest BCUT2D eigenvalue weighted by molar-refractivity contribution is -0.275. The second-order valence-corrected chi connectivity index (χ2v) is 9.84. The Morgan fingerprint density at radius 2 is 1.52 bits per heavy atom. The van der Waals surface area contributed by atoms with Crippen molar-refractivity contribution in [2.24, 2.45) is 11.8 Å². The number of carbonyl (C=O) groups excluding carboxylic acids is 2. The Bertz CT molecular complexity index is 1380. The topological polar surface area (TPSA) is 80.8 Å². The lowest BCUT2D eigenvalue weighted by atomic mass is 9.93. The van der Waals surface area contributed by atoms with Crippen molar-refractivity contribution in [1.29, 1.82) is 0 Å². The highest BCUT2D eigenvalue weighted by atomic mass is 19.4. The summed E-state index contributed by atoms with van der Waals surface area (Å²) >= 11 is 0. The third kappa shape index (κ3) is 8.37. The molecular formula is C29H27F6N3O4. The number of benzene rings is 2. The Morgan fingerprint density at radius 1 is 0.881 bits per heavy atom. The minimum absolute atomic E-state index is 0.0769. The maximum absolute atomic E-state index is 13.3. The molecule has 4 rings (SSSR count). The fourth-order valence-corrected chi connectivity index (χ4v) is 4.90. The number of nitrogens with zero attached hydrogens (tertiary/aromatic N) is 2. The Balaban J connectivity index is 1.33. The van der Waals surface area contributed by atoms with Crippen LogP contribution in [0.1, 0.15) is 30.4 Å². The summed E-state index contributed by atoms with van der Waals surface area (Å²) in [5.41, 5.74) is 1.64. The first-order chi connectivity index (χ1) is 19.8. The van der Waals surface area contributed by atoms with E-state index in [1.54, 1.807) is 25.2 Å². The van der Waals surface area contributed by atoms with Crippen molar-refractivity contribution in [3.63, 3.8) is 0 Å². The van der Waals surface area contributed by atoms with Gasteiger partial charge in [0.05, 0.1) is 5.69 Å². The lowest BCUT2D eigenvalue weighted by Crippen LogP contribution is -2.40. The Labute approximate surface area is 237 Å². The van der Waals surface area contributed by atoms with Crippen molar-refractivity contribution in [2.75, 3.05) is 7.05 Å². The summed E-state index contributed by atoms with van der Waals surface area (Å²) < 4.78 is 83.2. The number of amides is 2. The van der Waals surface area contributed by atoms with E-state index in [4.69, 9.17) is 0 Å². The number of halogens is 6. The highest BCUT2D eigenvalue weighted by Gasteiger charge is 2.39. The molecule has 42 heavy (non-hydrogen) atoms. The third-order valence-corrected chi connectivity index (χ3v) is 6.80. The van der Waals surface area contributed by atoms with Gasteiger partial charge < -0.3 is 19.7 Å². The maximum Gasteiger partial charge on any atom is 0.573 e. The molecule has 1 aliphatic rings. The lowest BCUT2D eigenvalue weighted by Gasteiger charge is -2.25. The molecule has 0 unspecified atom stereocenters. The van der Waals surface area contributed by atoms with Gasteiger partial charge in [-0.25, -0.2) is 0 Å². The third-order valence-electron chi connectivity index (χ3n) is 6.80. The zero-order valence-corrected chi connectivity index (χ0v) is 22.3. The summed E-state index contributed by atoms with van der Waals surface area (Å²) in [4.78, 5) is 31.9. The molecule has 2 amide bonds. The molecule has 1 fully saturated rings. The number of aromatic nitrogens is 1. The predicted octanol–water partition coefficient (Wildman–Crippen LogP) is 6.24. The first-order valence-corrected chi connectivity index (χ1v) is 13.0. The molecule has 1 N–H and O–H groups in total. The second-order valence-electron chi connectivity index (χ2n) is 9.84. The average Bonchev–Trinajstić information content (AvgIpc) is 3.41. The second kappa shape index (κ2) is 12.7. The minimum atomic E-state index is -4.85. The van der Waals surface area contributed by atoms with Crippen LogP contribution >= 0.6 is 0 Å². The van der Waals surface area contributed by atoms with Crippen molar-refractivity contribution >= 4 is 11.8 Å². The number of nitrogens with one attached hydrogen (secondary N) is 1. The van der Waals surface area contributed by atoms with E-state index in [1.807, 2.05) is 0 Å². The summed E-state index contributed by atoms with van der Waals surface area (Å²) in [5.74, 6) is -2.40. The summed E-state index contributed by atoms with van der Waals surface area (Å²) in [6.07, 6.45) is -6.46. The SMILES string of the molecule is CN(Cc1ccc(-c2ccccc2OC(F)(F)F)nc1)C(=O)[C@@H]1CCC[C@H]1C(=O)NCc1ccc(OC(F)(F)F)cc1. The molecule has 1 aliphatic carbocycles. The van der Waals surface area contributed by atoms with Gasteiger partial charge in [-0.05, 0) is 54.3 Å². The Kier molecular flexibility index (Phi) is 9.27. The van der Waals surface area contributed by atoms with Gasteiger partial charge >= 0.3 is 12.7 Å². The van der Waals surface area contributed by atoms with E-state index in [2.05, 4.69) is 19.8 Å². The van der Waals surface area contributed by atoms with Gasteiger partial charge in [-0.15, -0.1) is 26.3 Å². The number of hydrogen-bond acceptors (Lipinski definition) is 5. The normalized spacial score (nSPS) is 17.0. The van der Waals surface area contributed by atoms with Gasteiger partial charge in [0.15, 0.2) is 0 Å². The Morgan fingerprint density at radius 3 is 2.17 bits per heavy atom. The molecule has 1 saturated carbocycles. The highest BCUT2D eigenvalue weighted by molar-refractivity contribution is 5.88. The summed E-state index contributed by atoms with van der Waals surface area (Å²) in [7, 11) is 1.60. The standard InChI is InChI=1S/C29H27F6N3O4/c1-38(17-19-11-14-24(36-16-19)23-5-2-3-8-25(23)42-29(33,34)35)27(40)22-7-4-6-21(22)26(39)37-15-18-9-12-20(13-10-18)41-28(30,31)32/h2-3,5,8-14,16,21-22H,4,6-7,15,17H2,1H3,(H,37,39)/t21-,22-/m1/s1. The molecule has 13 heteroatoms. The van der Waals surface area contributed by atoms with E-state index >= 15 is 0 Å². The summed E-state index contributed by atoms with van der Waals surface area (Å²) in [6, 6.07) is 14.0. The molecule has 3 aromatic rings. The smallest absolute Gasteiger partial charge is 0.406 e. The molecule has 1 aromatic heterocycles. The van der Waals surface area contributed by atoms with Crippen LogP contribution in [0.4, 0.5) is 26.3 Å². The molecule has 0 bridgehead atoms. The summed E-state index contributed by atoms with van der Waals surface area (Å²) in [6.45, 7) is 0.248. The molecular weight excluding hydrogens is 568 g/mol. The van der Waals surface area contributed by atoms with E-state index in [9.17, 15) is 35.9 Å². The van der Waals surface area contributed by atoms with Crippen molar-refractivity contribution in [2.45, 2.75) is 45.1 Å². The van der Waals surface area contributed by atoms with Crippen LogP contribution in [0.15, 0.2) is 66.9 Å². The molecule has 2 aromatic carbocycles. The molecule has 0 aliphatic heterocycles. The quantitative estimate of drug-likeness (QED) is 0.297. The molecule has 224 valence electrons.